The number of benzene rings is 2. The zero-order valence-electron chi connectivity index (χ0n) is 9.87. The van der Waals surface area contributed by atoms with E-state index in [1.54, 1.807) is 18.2 Å². The summed E-state index contributed by atoms with van der Waals surface area (Å²) in [6.07, 6.45) is 0.576. The summed E-state index contributed by atoms with van der Waals surface area (Å²) in [6.45, 7) is 0.225. The Bertz CT molecular complexity index is 520. The van der Waals surface area contributed by atoms with Gasteiger partial charge in [-0.05, 0) is 18.1 Å². The Morgan fingerprint density at radius 3 is 2.44 bits per heavy atom. The lowest BCUT2D eigenvalue weighted by molar-refractivity contribution is -0.241. The van der Waals surface area contributed by atoms with Crippen molar-refractivity contribution in [3.63, 3.8) is 0 Å². The number of carbonyl (C=O) groups is 1. The number of ketones is 1. The molecule has 0 unspecified atom stereocenters. The minimum Gasteiger partial charge on any atom is -0.289 e. The van der Waals surface area contributed by atoms with E-state index in [9.17, 15) is 4.79 Å². The highest BCUT2D eigenvalue weighted by Gasteiger charge is 2.08. The van der Waals surface area contributed by atoms with Crippen molar-refractivity contribution in [3.05, 3.63) is 71.3 Å². The first-order valence-corrected chi connectivity index (χ1v) is 5.76. The average molecular weight is 242 g/mol. The van der Waals surface area contributed by atoms with Crippen molar-refractivity contribution in [2.24, 2.45) is 0 Å². The van der Waals surface area contributed by atoms with Gasteiger partial charge in [0.1, 0.15) is 0 Å². The van der Waals surface area contributed by atoms with Crippen LogP contribution in [0.2, 0.25) is 0 Å². The molecule has 0 spiro atoms. The van der Waals surface area contributed by atoms with Crippen molar-refractivity contribution in [3.8, 4) is 0 Å². The number of carbonyl (C=O) groups excluding carboxylic acids is 1. The van der Waals surface area contributed by atoms with Gasteiger partial charge in [0.25, 0.3) is 0 Å². The second-order valence-electron chi connectivity index (χ2n) is 3.98. The summed E-state index contributed by atoms with van der Waals surface area (Å²) in [5.41, 5.74) is 2.29. The molecule has 2 aromatic carbocycles. The van der Waals surface area contributed by atoms with Gasteiger partial charge in [0.2, 0.25) is 0 Å². The van der Waals surface area contributed by atoms with E-state index in [0.717, 1.165) is 5.56 Å². The predicted molar refractivity (Wildman–Crippen MR) is 68.6 cm³/mol. The van der Waals surface area contributed by atoms with Gasteiger partial charge in [-0.2, -0.15) is 0 Å². The van der Waals surface area contributed by atoms with Crippen LogP contribution < -0.4 is 0 Å². The molecule has 0 radical (unpaired) electrons. The molecular weight excluding hydrogens is 228 g/mol. The lowest BCUT2D eigenvalue weighted by Crippen LogP contribution is -2.02. The highest BCUT2D eigenvalue weighted by atomic mass is 17.1. The van der Waals surface area contributed by atoms with Crippen LogP contribution in [-0.4, -0.2) is 17.6 Å². The minimum absolute atomic E-state index is 0.00219. The summed E-state index contributed by atoms with van der Waals surface area (Å²) in [6, 6.07) is 16.5. The Labute approximate surface area is 106 Å². The first-order valence-electron chi connectivity index (χ1n) is 5.76. The smallest absolute Gasteiger partial charge is 0.193 e. The van der Waals surface area contributed by atoms with Crippen LogP contribution in [0, 0.1) is 0 Å². The van der Waals surface area contributed by atoms with E-state index in [-0.39, 0.29) is 12.4 Å². The van der Waals surface area contributed by atoms with E-state index in [1.165, 1.54) is 0 Å². The van der Waals surface area contributed by atoms with Crippen LogP contribution in [0.15, 0.2) is 54.6 Å². The van der Waals surface area contributed by atoms with Gasteiger partial charge in [-0.3, -0.25) is 10.1 Å². The highest BCUT2D eigenvalue weighted by molar-refractivity contribution is 6.09. The molecule has 0 aliphatic rings. The first-order chi connectivity index (χ1) is 8.81. The summed E-state index contributed by atoms with van der Waals surface area (Å²) in [4.78, 5) is 16.2. The molecule has 0 heterocycles. The molecule has 0 saturated carbocycles. The third-order valence-electron chi connectivity index (χ3n) is 2.71. The zero-order valence-corrected chi connectivity index (χ0v) is 9.87. The molecule has 0 aromatic heterocycles. The van der Waals surface area contributed by atoms with E-state index in [2.05, 4.69) is 4.89 Å². The van der Waals surface area contributed by atoms with Gasteiger partial charge in [-0.1, -0.05) is 48.5 Å². The lowest BCUT2D eigenvalue weighted by Gasteiger charge is -2.04. The van der Waals surface area contributed by atoms with Gasteiger partial charge >= 0.3 is 0 Å². The van der Waals surface area contributed by atoms with Crippen molar-refractivity contribution in [2.75, 3.05) is 6.61 Å². The van der Waals surface area contributed by atoms with Gasteiger partial charge < -0.3 is 0 Å². The number of rotatable bonds is 5. The fourth-order valence-corrected chi connectivity index (χ4v) is 1.79. The molecule has 0 atom stereocenters. The molecule has 92 valence electrons. The van der Waals surface area contributed by atoms with E-state index in [4.69, 9.17) is 5.26 Å². The predicted octanol–water partition coefficient (Wildman–Crippen LogP) is 2.95. The Kier molecular flexibility index (Phi) is 4.23. The third-order valence-corrected chi connectivity index (χ3v) is 2.71. The number of hydrogen-bond acceptors (Lipinski definition) is 3. The maximum absolute atomic E-state index is 12.2. The summed E-state index contributed by atoms with van der Waals surface area (Å²) >= 11 is 0. The molecule has 1 N–H and O–H groups in total. The molecule has 3 heteroatoms. The van der Waals surface area contributed by atoms with E-state index in [0.29, 0.717) is 17.5 Å². The average Bonchev–Trinajstić information content (AvgIpc) is 2.45. The van der Waals surface area contributed by atoms with Crippen LogP contribution >= 0.6 is 0 Å². The summed E-state index contributed by atoms with van der Waals surface area (Å²) in [7, 11) is 0. The molecule has 0 aliphatic heterocycles. The van der Waals surface area contributed by atoms with Crippen molar-refractivity contribution < 1.29 is 14.9 Å². The molecule has 2 rings (SSSR count). The van der Waals surface area contributed by atoms with Crippen LogP contribution in [0.25, 0.3) is 0 Å². The summed E-state index contributed by atoms with van der Waals surface area (Å²) in [5.74, 6) is 0.00219. The fourth-order valence-electron chi connectivity index (χ4n) is 1.79. The molecule has 0 amide bonds. The van der Waals surface area contributed by atoms with Gasteiger partial charge in [0.15, 0.2) is 5.78 Å². The van der Waals surface area contributed by atoms with Crippen molar-refractivity contribution >= 4 is 5.78 Å². The Morgan fingerprint density at radius 1 is 1.00 bits per heavy atom. The molecule has 0 fully saturated rings. The van der Waals surface area contributed by atoms with Crippen LogP contribution in [0.5, 0.6) is 0 Å². The SMILES string of the molecule is O=C(c1ccccc1)c1cccc(CCOO)c1. The van der Waals surface area contributed by atoms with Crippen molar-refractivity contribution in [2.45, 2.75) is 6.42 Å². The second kappa shape index (κ2) is 6.10. The standard InChI is InChI=1S/C15H14O3/c16-15(13-6-2-1-3-7-13)14-8-4-5-12(11-14)9-10-18-17/h1-8,11,17H,9-10H2. The van der Waals surface area contributed by atoms with E-state index in [1.807, 2.05) is 36.4 Å². The van der Waals surface area contributed by atoms with Gasteiger partial charge in [-0.25, -0.2) is 4.89 Å². The Morgan fingerprint density at radius 2 is 1.72 bits per heavy atom. The Balaban J connectivity index is 2.20. The highest BCUT2D eigenvalue weighted by Crippen LogP contribution is 2.12. The lowest BCUT2D eigenvalue weighted by atomic mass is 10.0. The number of hydrogen-bond donors (Lipinski definition) is 1. The minimum atomic E-state index is 0.00219. The Hall–Kier alpha value is -1.97. The zero-order chi connectivity index (χ0) is 12.8. The van der Waals surface area contributed by atoms with E-state index >= 15 is 0 Å². The van der Waals surface area contributed by atoms with Gasteiger partial charge in [0.05, 0.1) is 6.61 Å². The van der Waals surface area contributed by atoms with Crippen LogP contribution in [0.3, 0.4) is 0 Å². The maximum Gasteiger partial charge on any atom is 0.193 e. The molecule has 0 saturated heterocycles. The van der Waals surface area contributed by atoms with Crippen LogP contribution in [0.1, 0.15) is 21.5 Å². The fraction of sp³-hybridized carbons (Fsp3) is 0.133. The van der Waals surface area contributed by atoms with E-state index < -0.39 is 0 Å². The molecular formula is C15H14O3. The maximum atomic E-state index is 12.2. The molecule has 3 nitrogen and oxygen atoms in total. The molecule has 2 aromatic rings. The summed E-state index contributed by atoms with van der Waals surface area (Å²) in [5, 5.41) is 8.32. The van der Waals surface area contributed by atoms with Crippen LogP contribution in [0.4, 0.5) is 0 Å². The second-order valence-corrected chi connectivity index (χ2v) is 3.98. The molecule has 0 aliphatic carbocycles. The quantitative estimate of drug-likeness (QED) is 0.498. The largest absolute Gasteiger partial charge is 0.289 e. The van der Waals surface area contributed by atoms with Crippen molar-refractivity contribution in [1.29, 1.82) is 0 Å². The van der Waals surface area contributed by atoms with Crippen LogP contribution in [-0.2, 0) is 11.3 Å². The summed E-state index contributed by atoms with van der Waals surface area (Å²) < 4.78 is 0. The monoisotopic (exact) mass is 242 g/mol. The first kappa shape index (κ1) is 12.5. The third kappa shape index (κ3) is 3.03. The topological polar surface area (TPSA) is 46.5 Å². The van der Waals surface area contributed by atoms with Gasteiger partial charge in [-0.15, -0.1) is 0 Å². The normalized spacial score (nSPS) is 10.3. The van der Waals surface area contributed by atoms with Crippen molar-refractivity contribution in [1.82, 2.24) is 0 Å². The molecule has 0 bridgehead atoms. The molecule has 18 heavy (non-hydrogen) atoms. The van der Waals surface area contributed by atoms with Gasteiger partial charge in [0, 0.05) is 11.1 Å².